The van der Waals surface area contributed by atoms with E-state index in [0.717, 1.165) is 11.3 Å². The maximum atomic E-state index is 14.7. The summed E-state index contributed by atoms with van der Waals surface area (Å²) < 4.78 is 22.9. The minimum atomic E-state index is -2.30. The number of hydrogen-bond acceptors (Lipinski definition) is 14. The van der Waals surface area contributed by atoms with Gasteiger partial charge < -0.3 is 49.8 Å². The zero-order valence-electron chi connectivity index (χ0n) is 31.8. The van der Waals surface area contributed by atoms with Gasteiger partial charge >= 0.3 is 18.0 Å². The van der Waals surface area contributed by atoms with Crippen molar-refractivity contribution >= 4 is 35.2 Å². The van der Waals surface area contributed by atoms with Crippen molar-refractivity contribution in [3.05, 3.63) is 81.6 Å². The Morgan fingerprint density at radius 3 is 2.32 bits per heavy atom. The second-order valence-electron chi connectivity index (χ2n) is 15.3. The molecule has 1 aromatic carbocycles. The van der Waals surface area contributed by atoms with Crippen LogP contribution in [0.5, 0.6) is 0 Å². The van der Waals surface area contributed by atoms with Crippen molar-refractivity contribution in [3.8, 4) is 0 Å². The Labute approximate surface area is 400 Å². The molecule has 6 N–H and O–H groups in total. The van der Waals surface area contributed by atoms with Crippen molar-refractivity contribution in [2.75, 3.05) is 13.2 Å². The van der Waals surface area contributed by atoms with Crippen LogP contribution in [0.2, 0.25) is 0 Å². The van der Waals surface area contributed by atoms with E-state index in [-0.39, 0.29) is 124 Å². The zero-order valence-corrected chi connectivity index (χ0v) is 42.1. The minimum Gasteiger partial charge on any atom is -0.456 e. The molecule has 1 aromatic heterocycles. The minimum absolute atomic E-state index is 0. The third kappa shape index (κ3) is 8.08. The maximum absolute atomic E-state index is 14.7. The average molecular weight is 1220 g/mol. The predicted molar refractivity (Wildman–Crippen MR) is 192 cm³/mol. The number of rotatable bonds is 9. The van der Waals surface area contributed by atoms with Gasteiger partial charge in [-0.25, -0.2) is 14.4 Å². The molecule has 2 saturated carbocycles. The zero-order chi connectivity index (χ0) is 39.4. The molecule has 0 spiro atoms. The number of benzene rings is 1. The molecule has 2 aromatic rings. The Morgan fingerprint density at radius 1 is 1.05 bits per heavy atom. The summed E-state index contributed by atoms with van der Waals surface area (Å²) in [5.41, 5.74) is -7.51. The van der Waals surface area contributed by atoms with Gasteiger partial charge in [0.1, 0.15) is 42.2 Å². The van der Waals surface area contributed by atoms with Crippen LogP contribution in [0.25, 0.3) is 0 Å². The summed E-state index contributed by atoms with van der Waals surface area (Å²) in [7, 11) is 0. The Balaban J connectivity index is 0.00000348. The third-order valence-corrected chi connectivity index (χ3v) is 13.1. The fraction of sp³-hybridized carbons (Fsp3) is 0.538. The van der Waals surface area contributed by atoms with E-state index in [1.54, 1.807) is 68.6 Å². The SMILES string of the molecule is C/C=C/COC(=O)N[C@@H](c1cccs1)[C@@H](O)C(=O)O[C@H]1C[C@@]2(O)[C@@H](OC(=O)c3ccccc3)[C@@H]3[C@]4(O)CO[C@@H]4C[C@H](O)[C@@]3(C)C(=O)[C@H](O)C(=C1C)C2(C)C.[Ac].[Ac]. The second kappa shape index (κ2) is 18.3. The number of fused-ring (bicyclic) bond motifs is 5. The van der Waals surface area contributed by atoms with Gasteiger partial charge in [-0.05, 0) is 55.5 Å². The maximum Gasteiger partial charge on any atom is 0.408 e. The van der Waals surface area contributed by atoms with Gasteiger partial charge in [0, 0.05) is 117 Å². The molecule has 1 aliphatic heterocycles. The molecule has 3 fully saturated rings. The summed E-state index contributed by atoms with van der Waals surface area (Å²) in [6.07, 6.45) is -7.92. The van der Waals surface area contributed by atoms with Crippen molar-refractivity contribution in [2.45, 2.75) is 101 Å². The van der Waals surface area contributed by atoms with Gasteiger partial charge in [0.15, 0.2) is 11.9 Å². The molecule has 2 heterocycles. The monoisotopic (exact) mass is 1220 g/mol. The van der Waals surface area contributed by atoms with Crippen molar-refractivity contribution in [3.63, 3.8) is 0 Å². The van der Waals surface area contributed by atoms with E-state index >= 15 is 0 Å². The van der Waals surface area contributed by atoms with E-state index in [1.807, 2.05) is 0 Å². The Morgan fingerprint density at radius 2 is 1.73 bits per heavy atom. The van der Waals surface area contributed by atoms with Gasteiger partial charge in [-0.15, -0.1) is 11.3 Å². The number of hydrogen-bond donors (Lipinski definition) is 6. The van der Waals surface area contributed by atoms with Crippen molar-refractivity contribution < 1.29 is 152 Å². The number of carbonyl (C=O) groups is 4. The molecule has 298 valence electrons. The van der Waals surface area contributed by atoms with E-state index in [9.17, 15) is 44.7 Å². The van der Waals surface area contributed by atoms with E-state index in [1.165, 1.54) is 26.0 Å². The molecule has 14 nitrogen and oxygen atoms in total. The van der Waals surface area contributed by atoms with Crippen LogP contribution < -0.4 is 5.32 Å². The number of esters is 2. The summed E-state index contributed by atoms with van der Waals surface area (Å²) >= 11 is 1.16. The van der Waals surface area contributed by atoms with Crippen molar-refractivity contribution in [2.24, 2.45) is 16.7 Å². The van der Waals surface area contributed by atoms with Crippen LogP contribution in [0, 0.1) is 105 Å². The first-order valence-corrected chi connectivity index (χ1v) is 18.7. The Bertz CT molecular complexity index is 1840. The first-order chi connectivity index (χ1) is 25.4. The number of thiophene rings is 1. The Kier molecular flexibility index (Phi) is 15.5. The predicted octanol–water partition coefficient (Wildman–Crippen LogP) is 2.53. The number of aliphatic hydroxyl groups is 5. The summed E-state index contributed by atoms with van der Waals surface area (Å²) in [5.74, 6) is -4.53. The molecule has 2 radical (unpaired) electrons. The molecule has 2 bridgehead atoms. The average Bonchev–Trinajstić information content (AvgIpc) is 3.67. The van der Waals surface area contributed by atoms with Crippen LogP contribution in [-0.4, -0.2) is 110 Å². The molecule has 6 rings (SSSR count). The second-order valence-corrected chi connectivity index (χ2v) is 16.3. The fourth-order valence-electron chi connectivity index (χ4n) is 8.89. The number of allylic oxidation sites excluding steroid dienone is 1. The molecular weight excluding hydrogens is 1180 g/mol. The molecule has 11 atom stereocenters. The quantitative estimate of drug-likeness (QED) is 0.121. The van der Waals surface area contributed by atoms with Crippen LogP contribution in [0.15, 0.2) is 71.1 Å². The number of ketones is 1. The standard InChI is InChI=1S/C39H47NO13S.2Ac/c1-6-7-15-50-35(47)40-27(23-14-11-16-54-23)29(43)34(46)52-22-18-39(49)32(53-33(45)21-12-9-8-10-13-21)30-37(5,24(41)17-25-38(30,48)19-51-25)31(44)28(42)26(20(22)2)36(39,3)4;;/h6-14,16,22,24-25,27-30,32,41-43,48-49H,15,17-19H2,1-5H3,(H,40,47);;/b7-6+;;/t22-,24-,25+,27-,28+,29+,30-,32-,37+,38-,39+;;/m0../s1. The smallest absolute Gasteiger partial charge is 0.408 e. The van der Waals surface area contributed by atoms with Gasteiger partial charge in [-0.1, -0.05) is 50.3 Å². The number of Topliss-reactive ketones (excluding diaryl/α,β-unsaturated/α-hetero) is 1. The molecule has 17 heteroatoms. The van der Waals surface area contributed by atoms with Gasteiger partial charge in [0.25, 0.3) is 0 Å². The largest absolute Gasteiger partial charge is 0.456 e. The number of aliphatic hydroxyl groups excluding tert-OH is 3. The number of ether oxygens (including phenoxy) is 4. The van der Waals surface area contributed by atoms with E-state index in [4.69, 9.17) is 18.9 Å². The third-order valence-electron chi connectivity index (χ3n) is 12.1. The number of carbonyl (C=O) groups excluding carboxylic acids is 4. The van der Waals surface area contributed by atoms with Gasteiger partial charge in [-0.2, -0.15) is 0 Å². The van der Waals surface area contributed by atoms with Crippen molar-refractivity contribution in [1.29, 1.82) is 0 Å². The normalized spacial score (nSPS) is 34.1. The summed E-state index contributed by atoms with van der Waals surface area (Å²) in [6, 6.07) is 9.84. The Hall–Kier alpha value is -1.08. The van der Waals surface area contributed by atoms with Crippen molar-refractivity contribution in [1.82, 2.24) is 5.32 Å². The molecular formula is C39H47Ac2NO13S. The van der Waals surface area contributed by atoms with Gasteiger partial charge in [-0.3, -0.25) is 4.79 Å². The van der Waals surface area contributed by atoms with E-state index < -0.39 is 101 Å². The van der Waals surface area contributed by atoms with Crippen LogP contribution in [-0.2, 0) is 28.5 Å². The van der Waals surface area contributed by atoms with Crippen LogP contribution in [0.3, 0.4) is 0 Å². The number of nitrogens with one attached hydrogen (secondary N) is 1. The van der Waals surface area contributed by atoms with Crippen LogP contribution in [0.1, 0.15) is 68.7 Å². The van der Waals surface area contributed by atoms with Gasteiger partial charge in [0.2, 0.25) is 0 Å². The first-order valence-electron chi connectivity index (χ1n) is 17.8. The van der Waals surface area contributed by atoms with Crippen LogP contribution in [0.4, 0.5) is 4.79 Å². The van der Waals surface area contributed by atoms with E-state index in [2.05, 4.69) is 5.32 Å². The molecule has 1 amide bonds. The summed E-state index contributed by atoms with van der Waals surface area (Å²) in [4.78, 5) is 55.4. The number of alkyl carbamates (subject to hydrolysis) is 1. The molecule has 1 saturated heterocycles. The van der Waals surface area contributed by atoms with E-state index in [0.29, 0.717) is 4.88 Å². The summed E-state index contributed by atoms with van der Waals surface area (Å²) in [6.45, 7) is 7.37. The molecule has 3 aliphatic carbocycles. The molecule has 4 aliphatic rings. The first kappa shape index (κ1) is 47.6. The number of amides is 1. The van der Waals surface area contributed by atoms with Crippen LogP contribution >= 0.6 is 11.3 Å². The fourth-order valence-corrected chi connectivity index (χ4v) is 9.69. The topological polar surface area (TPSA) is 218 Å². The van der Waals surface area contributed by atoms with Gasteiger partial charge in [0.05, 0.1) is 29.8 Å². The summed E-state index contributed by atoms with van der Waals surface area (Å²) in [5, 5.41) is 64.6. The molecule has 0 unspecified atom stereocenters. The molecule has 56 heavy (non-hydrogen) atoms.